The molecule has 14 nitrogen and oxygen atoms in total. The average molecular weight is 698 g/mol. The van der Waals surface area contributed by atoms with Crippen molar-refractivity contribution in [1.82, 2.24) is 26.2 Å². The molecule has 276 valence electrons. The number of nitrogens with two attached hydrogens (primary N) is 1. The van der Waals surface area contributed by atoms with E-state index in [4.69, 9.17) is 5.73 Å². The summed E-state index contributed by atoms with van der Waals surface area (Å²) in [5.74, 6) is -2.31. The van der Waals surface area contributed by atoms with E-state index < -0.39 is 29.9 Å². The number of carbonyl (C=O) groups excluding carboxylic acids is 7. The van der Waals surface area contributed by atoms with E-state index in [9.17, 15) is 33.6 Å². The van der Waals surface area contributed by atoms with E-state index in [0.717, 1.165) is 16.9 Å². The van der Waals surface area contributed by atoms with Gasteiger partial charge in [-0.25, -0.2) is 4.79 Å². The fraction of sp³-hybridized carbons (Fsp3) is 0.583. The van der Waals surface area contributed by atoms with E-state index in [1.807, 2.05) is 12.1 Å². The Kier molecular flexibility index (Phi) is 17.1. The van der Waals surface area contributed by atoms with Gasteiger partial charge in [0, 0.05) is 50.3 Å². The van der Waals surface area contributed by atoms with Crippen LogP contribution in [0.2, 0.25) is 0 Å². The highest BCUT2D eigenvalue weighted by Crippen LogP contribution is 2.17. The summed E-state index contributed by atoms with van der Waals surface area (Å²) in [6.07, 6.45) is 6.60. The SMILES string of the molecule is CC(C)[C@H](NC(=O)CCCCCN1C(=O)C=CC1=O)C(=O)N[C@@H](CCCNC(N)=O)C(=O)Nc1ccc(CCC(=O)NCCC(C)(C)C)cc1. The van der Waals surface area contributed by atoms with Gasteiger partial charge >= 0.3 is 6.03 Å². The van der Waals surface area contributed by atoms with Crippen LogP contribution in [0, 0.1) is 11.3 Å². The normalized spacial score (nSPS) is 13.9. The van der Waals surface area contributed by atoms with Crippen molar-refractivity contribution in [3.8, 4) is 0 Å². The van der Waals surface area contributed by atoms with Crippen LogP contribution in [0.15, 0.2) is 36.4 Å². The molecule has 0 saturated carbocycles. The van der Waals surface area contributed by atoms with E-state index in [1.165, 1.54) is 12.2 Å². The molecule has 8 amide bonds. The van der Waals surface area contributed by atoms with Gasteiger partial charge in [0.05, 0.1) is 0 Å². The molecule has 1 aliphatic heterocycles. The first-order valence-electron chi connectivity index (χ1n) is 17.4. The predicted octanol–water partition coefficient (Wildman–Crippen LogP) is 2.67. The summed E-state index contributed by atoms with van der Waals surface area (Å²) >= 11 is 0. The topological polar surface area (TPSA) is 209 Å². The number of rotatable bonds is 21. The Morgan fingerprint density at radius 3 is 2.04 bits per heavy atom. The van der Waals surface area contributed by atoms with Crippen molar-refractivity contribution in [1.29, 1.82) is 0 Å². The second-order valence-corrected chi connectivity index (χ2v) is 14.1. The van der Waals surface area contributed by atoms with Gasteiger partial charge in [0.2, 0.25) is 23.6 Å². The Balaban J connectivity index is 1.92. The summed E-state index contributed by atoms with van der Waals surface area (Å²) in [4.78, 5) is 87.4. The smallest absolute Gasteiger partial charge is 0.312 e. The van der Waals surface area contributed by atoms with Crippen molar-refractivity contribution in [2.45, 2.75) is 104 Å². The highest BCUT2D eigenvalue weighted by molar-refractivity contribution is 6.12. The predicted molar refractivity (Wildman–Crippen MR) is 190 cm³/mol. The van der Waals surface area contributed by atoms with Crippen LogP contribution in [0.4, 0.5) is 10.5 Å². The molecule has 0 aliphatic carbocycles. The van der Waals surface area contributed by atoms with E-state index in [1.54, 1.807) is 26.0 Å². The second kappa shape index (κ2) is 20.7. The van der Waals surface area contributed by atoms with Gasteiger partial charge < -0.3 is 32.3 Å². The van der Waals surface area contributed by atoms with E-state index in [2.05, 4.69) is 47.4 Å². The van der Waals surface area contributed by atoms with Crippen molar-refractivity contribution >= 4 is 47.2 Å². The number of nitrogens with zero attached hydrogens (tertiary/aromatic N) is 1. The van der Waals surface area contributed by atoms with Crippen LogP contribution < -0.4 is 32.3 Å². The number of carbonyl (C=O) groups is 7. The molecule has 1 aromatic rings. The van der Waals surface area contributed by atoms with Crippen molar-refractivity contribution in [3.05, 3.63) is 42.0 Å². The number of urea groups is 1. The molecule has 0 aromatic heterocycles. The third-order valence-corrected chi connectivity index (χ3v) is 8.11. The molecule has 0 spiro atoms. The van der Waals surface area contributed by atoms with Gasteiger partial charge in [0.15, 0.2) is 0 Å². The second-order valence-electron chi connectivity index (χ2n) is 14.1. The third kappa shape index (κ3) is 16.1. The number of primary amides is 1. The lowest BCUT2D eigenvalue weighted by atomic mass is 9.92. The number of amides is 8. The Hall–Kier alpha value is -4.75. The van der Waals surface area contributed by atoms with Gasteiger partial charge in [-0.2, -0.15) is 0 Å². The van der Waals surface area contributed by atoms with Crippen molar-refractivity contribution in [2.24, 2.45) is 17.1 Å². The van der Waals surface area contributed by atoms with Crippen molar-refractivity contribution in [3.63, 3.8) is 0 Å². The summed E-state index contributed by atoms with van der Waals surface area (Å²) in [5, 5.41) is 13.8. The maximum absolute atomic E-state index is 13.4. The van der Waals surface area contributed by atoms with E-state index in [-0.39, 0.29) is 60.9 Å². The molecule has 0 radical (unpaired) electrons. The van der Waals surface area contributed by atoms with E-state index in [0.29, 0.717) is 50.8 Å². The number of unbranched alkanes of at least 4 members (excludes halogenated alkanes) is 2. The van der Waals surface area contributed by atoms with Gasteiger partial charge in [0.1, 0.15) is 12.1 Å². The fourth-order valence-corrected chi connectivity index (χ4v) is 5.12. The average Bonchev–Trinajstić information content (AvgIpc) is 3.35. The summed E-state index contributed by atoms with van der Waals surface area (Å²) < 4.78 is 0. The largest absolute Gasteiger partial charge is 0.356 e. The Bertz CT molecular complexity index is 1350. The summed E-state index contributed by atoms with van der Waals surface area (Å²) in [6, 6.07) is 4.54. The highest BCUT2D eigenvalue weighted by Gasteiger charge is 2.29. The fourth-order valence-electron chi connectivity index (χ4n) is 5.12. The Labute approximate surface area is 295 Å². The number of nitrogens with one attached hydrogen (secondary N) is 5. The van der Waals surface area contributed by atoms with Crippen LogP contribution in [0.5, 0.6) is 0 Å². The first-order chi connectivity index (χ1) is 23.6. The number of aryl methyl sites for hydroxylation is 1. The third-order valence-electron chi connectivity index (χ3n) is 8.11. The standard InChI is InChI=1S/C36H55N7O7/c1-24(2)32(42-29(45)11-7-6-8-23-43-30(46)18-19-31(43)47)34(49)41-27(10-9-21-39-35(37)50)33(48)40-26-15-12-25(13-16-26)14-17-28(44)38-22-20-36(3,4)5/h12-13,15-16,18-19,24,27,32H,6-11,14,17,20-23H2,1-5H3,(H,38,44)(H,40,48)(H,41,49)(H,42,45)(H3,37,39,50)/t27-,32-/m0/s1. The van der Waals surface area contributed by atoms with Crippen LogP contribution >= 0.6 is 0 Å². The van der Waals surface area contributed by atoms with Crippen molar-refractivity contribution in [2.75, 3.05) is 25.0 Å². The molecule has 0 bridgehead atoms. The van der Waals surface area contributed by atoms with Gasteiger partial charge in [-0.05, 0) is 67.6 Å². The summed E-state index contributed by atoms with van der Waals surface area (Å²) in [6.45, 7) is 11.0. The molecule has 1 aliphatic rings. The minimum Gasteiger partial charge on any atom is -0.356 e. The molecule has 1 heterocycles. The number of benzene rings is 1. The lowest BCUT2D eigenvalue weighted by Gasteiger charge is -2.25. The minimum absolute atomic E-state index is 0.0183. The maximum atomic E-state index is 13.4. The van der Waals surface area contributed by atoms with Crippen LogP contribution in [0.1, 0.15) is 91.5 Å². The number of anilines is 1. The van der Waals surface area contributed by atoms with Crippen molar-refractivity contribution < 1.29 is 33.6 Å². The zero-order valence-electron chi connectivity index (χ0n) is 30.1. The molecule has 2 atom stereocenters. The Morgan fingerprint density at radius 2 is 1.44 bits per heavy atom. The number of hydrogen-bond acceptors (Lipinski definition) is 7. The number of hydrogen-bond donors (Lipinski definition) is 6. The monoisotopic (exact) mass is 697 g/mol. The van der Waals surface area contributed by atoms with Gasteiger partial charge in [-0.3, -0.25) is 33.7 Å². The van der Waals surface area contributed by atoms with Crippen LogP contribution in [-0.4, -0.2) is 78.1 Å². The molecule has 0 unspecified atom stereocenters. The first-order valence-corrected chi connectivity index (χ1v) is 17.4. The van der Waals surface area contributed by atoms with Gasteiger partial charge in [-0.15, -0.1) is 0 Å². The van der Waals surface area contributed by atoms with Gasteiger partial charge in [0.25, 0.3) is 11.8 Å². The van der Waals surface area contributed by atoms with Crippen LogP contribution in [-0.2, 0) is 35.2 Å². The summed E-state index contributed by atoms with van der Waals surface area (Å²) in [7, 11) is 0. The molecule has 7 N–H and O–H groups in total. The molecular weight excluding hydrogens is 642 g/mol. The number of imide groups is 1. The zero-order chi connectivity index (χ0) is 37.3. The molecule has 0 saturated heterocycles. The molecule has 2 rings (SSSR count). The molecule has 1 aromatic carbocycles. The van der Waals surface area contributed by atoms with Crippen LogP contribution in [0.25, 0.3) is 0 Å². The maximum Gasteiger partial charge on any atom is 0.312 e. The van der Waals surface area contributed by atoms with Gasteiger partial charge in [-0.1, -0.05) is 53.2 Å². The lowest BCUT2D eigenvalue weighted by molar-refractivity contribution is -0.137. The molecular formula is C36H55N7O7. The highest BCUT2D eigenvalue weighted by atomic mass is 16.2. The Morgan fingerprint density at radius 1 is 0.780 bits per heavy atom. The lowest BCUT2D eigenvalue weighted by Crippen LogP contribution is -2.54. The molecule has 14 heteroatoms. The van der Waals surface area contributed by atoms with E-state index >= 15 is 0 Å². The first kappa shape index (κ1) is 41.4. The minimum atomic E-state index is -0.975. The quantitative estimate of drug-likeness (QED) is 0.0835. The zero-order valence-corrected chi connectivity index (χ0v) is 30.1. The summed E-state index contributed by atoms with van der Waals surface area (Å²) in [5.41, 5.74) is 6.74. The molecule has 50 heavy (non-hydrogen) atoms. The molecule has 0 fully saturated rings. The van der Waals surface area contributed by atoms with Crippen LogP contribution in [0.3, 0.4) is 0 Å².